The summed E-state index contributed by atoms with van der Waals surface area (Å²) in [6, 6.07) is 11.6. The van der Waals surface area contributed by atoms with E-state index in [2.05, 4.69) is 10.6 Å². The zero-order chi connectivity index (χ0) is 23.5. The smallest absolute Gasteiger partial charge is 0.258 e. The molecule has 2 aromatic rings. The van der Waals surface area contributed by atoms with E-state index in [1.54, 1.807) is 29.2 Å². The molecule has 0 aromatic heterocycles. The summed E-state index contributed by atoms with van der Waals surface area (Å²) in [4.78, 5) is 41.5. The Labute approximate surface area is 194 Å². The molecule has 1 aliphatic carbocycles. The predicted molar refractivity (Wildman–Crippen MR) is 126 cm³/mol. The van der Waals surface area contributed by atoms with E-state index >= 15 is 0 Å². The van der Waals surface area contributed by atoms with Crippen LogP contribution in [0.25, 0.3) is 0 Å². The molecule has 7 heteroatoms. The molecule has 33 heavy (non-hydrogen) atoms. The van der Waals surface area contributed by atoms with Crippen LogP contribution in [0.15, 0.2) is 42.5 Å². The van der Waals surface area contributed by atoms with Crippen molar-refractivity contribution in [1.29, 1.82) is 0 Å². The number of rotatable bonds is 5. The number of anilines is 1. The Hall–Kier alpha value is -3.35. The monoisotopic (exact) mass is 449 g/mol. The van der Waals surface area contributed by atoms with E-state index in [0.29, 0.717) is 17.0 Å². The summed E-state index contributed by atoms with van der Waals surface area (Å²) in [6.07, 6.45) is 3.50. The number of aryl methyl sites for hydroxylation is 2. The maximum atomic E-state index is 13.7. The van der Waals surface area contributed by atoms with Gasteiger partial charge in [-0.3, -0.25) is 14.4 Å². The maximum Gasteiger partial charge on any atom is 0.258 e. The molecule has 0 spiro atoms. The van der Waals surface area contributed by atoms with Gasteiger partial charge in [0.1, 0.15) is 11.8 Å². The number of carbonyl (C=O) groups excluding carboxylic acids is 3. The Morgan fingerprint density at radius 3 is 2.61 bits per heavy atom. The highest BCUT2D eigenvalue weighted by Gasteiger charge is 2.46. The van der Waals surface area contributed by atoms with E-state index in [1.165, 1.54) is 7.11 Å². The van der Waals surface area contributed by atoms with Crippen LogP contribution in [0.4, 0.5) is 5.69 Å². The third-order valence-electron chi connectivity index (χ3n) is 6.79. The topological polar surface area (TPSA) is 87.7 Å². The molecule has 1 aliphatic heterocycles. The molecule has 3 atom stereocenters. The van der Waals surface area contributed by atoms with Crippen LogP contribution in [-0.4, -0.2) is 47.9 Å². The van der Waals surface area contributed by atoms with E-state index < -0.39 is 6.04 Å². The quantitative estimate of drug-likeness (QED) is 0.730. The van der Waals surface area contributed by atoms with Crippen LogP contribution < -0.4 is 15.4 Å². The summed E-state index contributed by atoms with van der Waals surface area (Å²) in [6.45, 7) is 3.99. The van der Waals surface area contributed by atoms with Crippen LogP contribution in [0, 0.1) is 13.8 Å². The highest BCUT2D eigenvalue weighted by molar-refractivity contribution is 6.03. The van der Waals surface area contributed by atoms with E-state index in [-0.39, 0.29) is 36.2 Å². The van der Waals surface area contributed by atoms with Gasteiger partial charge in [0, 0.05) is 11.7 Å². The molecule has 174 valence electrons. The fourth-order valence-corrected chi connectivity index (χ4v) is 4.90. The summed E-state index contributed by atoms with van der Waals surface area (Å²) in [5.74, 6) is -0.399. The van der Waals surface area contributed by atoms with Crippen molar-refractivity contribution >= 4 is 23.4 Å². The van der Waals surface area contributed by atoms with Crippen LogP contribution in [0.1, 0.15) is 53.6 Å². The molecule has 2 fully saturated rings. The number of hydrogen-bond acceptors (Lipinski definition) is 4. The SMILES string of the molecule is COc1ccccc1C(=O)N1[C@@H](CC(=O)Nc2ccc(C)c(C)c2)C(=O)N[C@H]2CCCC[C@@H]21. The lowest BCUT2D eigenvalue weighted by atomic mass is 9.84. The predicted octanol–water partition coefficient (Wildman–Crippen LogP) is 3.59. The molecule has 1 saturated heterocycles. The zero-order valence-corrected chi connectivity index (χ0v) is 19.4. The molecule has 2 aliphatic rings. The van der Waals surface area contributed by atoms with E-state index in [4.69, 9.17) is 4.74 Å². The number of fused-ring (bicyclic) bond motifs is 1. The van der Waals surface area contributed by atoms with Gasteiger partial charge in [0.2, 0.25) is 11.8 Å². The third-order valence-corrected chi connectivity index (χ3v) is 6.79. The first-order chi connectivity index (χ1) is 15.9. The van der Waals surface area contributed by atoms with Gasteiger partial charge in [-0.1, -0.05) is 31.0 Å². The van der Waals surface area contributed by atoms with Gasteiger partial charge in [0.15, 0.2) is 0 Å². The molecule has 2 aromatic carbocycles. The number of hydrogen-bond donors (Lipinski definition) is 2. The minimum atomic E-state index is -0.881. The first-order valence-electron chi connectivity index (χ1n) is 11.5. The molecule has 1 heterocycles. The second-order valence-electron chi connectivity index (χ2n) is 8.95. The molecular weight excluding hydrogens is 418 g/mol. The van der Waals surface area contributed by atoms with E-state index in [1.807, 2.05) is 32.0 Å². The lowest BCUT2D eigenvalue weighted by Gasteiger charge is -2.48. The third kappa shape index (κ3) is 4.72. The van der Waals surface area contributed by atoms with Crippen LogP contribution in [-0.2, 0) is 9.59 Å². The first-order valence-corrected chi connectivity index (χ1v) is 11.5. The summed E-state index contributed by atoms with van der Waals surface area (Å²) in [7, 11) is 1.52. The molecule has 1 saturated carbocycles. The Morgan fingerprint density at radius 1 is 1.09 bits per heavy atom. The van der Waals surface area contributed by atoms with E-state index in [0.717, 1.165) is 36.8 Å². The van der Waals surface area contributed by atoms with Crippen LogP contribution in [0.2, 0.25) is 0 Å². The van der Waals surface area contributed by atoms with Gasteiger partial charge in [-0.15, -0.1) is 0 Å². The Bertz CT molecular complexity index is 1070. The Morgan fingerprint density at radius 2 is 1.85 bits per heavy atom. The number of carbonyl (C=O) groups is 3. The lowest BCUT2D eigenvalue weighted by molar-refractivity contribution is -0.135. The molecule has 3 amide bonds. The highest BCUT2D eigenvalue weighted by Crippen LogP contribution is 2.32. The van der Waals surface area contributed by atoms with Gasteiger partial charge in [0.05, 0.1) is 25.1 Å². The molecule has 7 nitrogen and oxygen atoms in total. The van der Waals surface area contributed by atoms with Gasteiger partial charge in [-0.05, 0) is 62.1 Å². The lowest BCUT2D eigenvalue weighted by Crippen LogP contribution is -2.68. The summed E-state index contributed by atoms with van der Waals surface area (Å²) < 4.78 is 5.41. The number of methoxy groups -OCH3 is 1. The van der Waals surface area contributed by atoms with Crippen molar-refractivity contribution in [1.82, 2.24) is 10.2 Å². The van der Waals surface area contributed by atoms with Crippen molar-refractivity contribution in [3.8, 4) is 5.75 Å². The van der Waals surface area contributed by atoms with Gasteiger partial charge in [-0.25, -0.2) is 0 Å². The molecule has 4 rings (SSSR count). The number of para-hydroxylation sites is 1. The molecule has 0 unspecified atom stereocenters. The number of amides is 3. The standard InChI is InChI=1S/C26H31N3O4/c1-16-12-13-18(14-17(16)2)27-24(30)15-22-25(31)28-20-9-5-6-10-21(20)29(22)26(32)19-8-4-7-11-23(19)33-3/h4,7-8,11-14,20-22H,5-6,9-10,15H2,1-3H3,(H,27,30)(H,28,31)/t20-,21-,22-/m0/s1. The van der Waals surface area contributed by atoms with Crippen LogP contribution in [0.5, 0.6) is 5.75 Å². The Kier molecular flexibility index (Phi) is 6.67. The second-order valence-corrected chi connectivity index (χ2v) is 8.95. The van der Waals surface area contributed by atoms with Crippen LogP contribution >= 0.6 is 0 Å². The average molecular weight is 450 g/mol. The van der Waals surface area contributed by atoms with Gasteiger partial charge >= 0.3 is 0 Å². The summed E-state index contributed by atoms with van der Waals surface area (Å²) in [5.41, 5.74) is 3.29. The zero-order valence-electron chi connectivity index (χ0n) is 19.4. The largest absolute Gasteiger partial charge is 0.496 e. The molecular formula is C26H31N3O4. The fourth-order valence-electron chi connectivity index (χ4n) is 4.90. The second kappa shape index (κ2) is 9.65. The van der Waals surface area contributed by atoms with Crippen molar-refractivity contribution in [2.24, 2.45) is 0 Å². The minimum Gasteiger partial charge on any atom is -0.496 e. The molecule has 2 N–H and O–H groups in total. The van der Waals surface area contributed by atoms with Crippen molar-refractivity contribution in [3.05, 3.63) is 59.2 Å². The number of benzene rings is 2. The van der Waals surface area contributed by atoms with Gasteiger partial charge in [-0.2, -0.15) is 0 Å². The normalized spacial score (nSPS) is 22.2. The van der Waals surface area contributed by atoms with Crippen molar-refractivity contribution in [2.75, 3.05) is 12.4 Å². The van der Waals surface area contributed by atoms with E-state index in [9.17, 15) is 14.4 Å². The number of piperazine rings is 1. The first kappa shape index (κ1) is 22.8. The summed E-state index contributed by atoms with van der Waals surface area (Å²) in [5, 5.41) is 5.97. The number of nitrogens with one attached hydrogen (secondary N) is 2. The minimum absolute atomic E-state index is 0.0935. The van der Waals surface area contributed by atoms with Gasteiger partial charge < -0.3 is 20.3 Å². The van der Waals surface area contributed by atoms with Crippen molar-refractivity contribution in [3.63, 3.8) is 0 Å². The molecule has 0 radical (unpaired) electrons. The Balaban J connectivity index is 1.62. The maximum absolute atomic E-state index is 13.7. The van der Waals surface area contributed by atoms with Gasteiger partial charge in [0.25, 0.3) is 5.91 Å². The average Bonchev–Trinajstić information content (AvgIpc) is 2.81. The number of ether oxygens (including phenoxy) is 1. The fraction of sp³-hybridized carbons (Fsp3) is 0.423. The summed E-state index contributed by atoms with van der Waals surface area (Å²) >= 11 is 0. The van der Waals surface area contributed by atoms with Crippen molar-refractivity contribution in [2.45, 2.75) is 64.1 Å². The highest BCUT2D eigenvalue weighted by atomic mass is 16.5. The van der Waals surface area contributed by atoms with Crippen LogP contribution in [0.3, 0.4) is 0 Å². The molecule has 0 bridgehead atoms. The van der Waals surface area contributed by atoms with Crippen molar-refractivity contribution < 1.29 is 19.1 Å². The number of nitrogens with zero attached hydrogens (tertiary/aromatic N) is 1.